The molecule has 3 aromatic carbocycles. The van der Waals surface area contributed by atoms with Crippen LogP contribution in [-0.2, 0) is 11.3 Å². The molecule has 4 aromatic rings. The Morgan fingerprint density at radius 3 is 2.36 bits per heavy atom. The number of hydrogen-bond acceptors (Lipinski definition) is 5. The molecule has 6 nitrogen and oxygen atoms in total. The van der Waals surface area contributed by atoms with Crippen LogP contribution in [0.3, 0.4) is 0 Å². The highest BCUT2D eigenvalue weighted by Gasteiger charge is 2.20. The third-order valence-corrected chi connectivity index (χ3v) is 5.26. The monoisotopic (exact) mass is 449 g/mol. The molecule has 0 unspecified atom stereocenters. The van der Waals surface area contributed by atoms with Crippen LogP contribution in [0.15, 0.2) is 71.5 Å². The van der Waals surface area contributed by atoms with Crippen molar-refractivity contribution >= 4 is 22.8 Å². The number of esters is 1. The van der Waals surface area contributed by atoms with Crippen LogP contribution < -0.4 is 10.5 Å². The van der Waals surface area contributed by atoms with E-state index in [4.69, 9.17) is 4.74 Å². The Morgan fingerprint density at radius 2 is 1.73 bits per heavy atom. The fourth-order valence-corrected chi connectivity index (χ4v) is 3.66. The van der Waals surface area contributed by atoms with Gasteiger partial charge in [0.25, 0.3) is 5.56 Å². The zero-order chi connectivity index (χ0) is 23.5. The number of benzene rings is 3. The molecule has 0 aliphatic rings. The molecule has 0 spiro atoms. The van der Waals surface area contributed by atoms with Crippen molar-refractivity contribution in [2.45, 2.75) is 13.5 Å². The number of carbonyl (C=O) groups is 1. The van der Waals surface area contributed by atoms with E-state index in [0.717, 1.165) is 23.8 Å². The second kappa shape index (κ2) is 9.20. The molecule has 0 atom stereocenters. The molecule has 0 fully saturated rings. The molecule has 0 radical (unpaired) electrons. The predicted octanol–water partition coefficient (Wildman–Crippen LogP) is 4.48. The average molecular weight is 449 g/mol. The molecule has 0 N–H and O–H groups in total. The van der Waals surface area contributed by atoms with E-state index in [1.54, 1.807) is 0 Å². The van der Waals surface area contributed by atoms with Crippen LogP contribution in [-0.4, -0.2) is 29.2 Å². The summed E-state index contributed by atoms with van der Waals surface area (Å²) in [6, 6.07) is 16.9. The maximum atomic E-state index is 14.1. The van der Waals surface area contributed by atoms with Gasteiger partial charge in [0, 0.05) is 19.2 Å². The van der Waals surface area contributed by atoms with Gasteiger partial charge in [-0.25, -0.2) is 23.1 Å². The molecule has 4 rings (SSSR count). The van der Waals surface area contributed by atoms with E-state index in [1.165, 1.54) is 29.9 Å². The van der Waals surface area contributed by atoms with Crippen molar-refractivity contribution < 1.29 is 18.3 Å². The summed E-state index contributed by atoms with van der Waals surface area (Å²) in [4.78, 5) is 32.0. The Hall–Kier alpha value is -4.07. The van der Waals surface area contributed by atoms with Gasteiger partial charge in [0.2, 0.25) is 5.95 Å². The first kappa shape index (κ1) is 22.1. The Balaban J connectivity index is 1.99. The van der Waals surface area contributed by atoms with Crippen LogP contribution in [0.2, 0.25) is 0 Å². The van der Waals surface area contributed by atoms with Gasteiger partial charge in [-0.15, -0.1) is 0 Å². The molecular formula is C25H21F2N3O3. The van der Waals surface area contributed by atoms with Gasteiger partial charge in [-0.2, -0.15) is 0 Å². The van der Waals surface area contributed by atoms with Gasteiger partial charge >= 0.3 is 5.97 Å². The van der Waals surface area contributed by atoms with Crippen LogP contribution in [0, 0.1) is 11.6 Å². The highest BCUT2D eigenvalue weighted by Crippen LogP contribution is 2.23. The first-order valence-electron chi connectivity index (χ1n) is 10.3. The van der Waals surface area contributed by atoms with Gasteiger partial charge in [-0.3, -0.25) is 4.79 Å². The average Bonchev–Trinajstić information content (AvgIpc) is 2.81. The smallest absolute Gasteiger partial charge is 0.337 e. The fraction of sp³-hybridized carbons (Fsp3) is 0.160. The maximum absolute atomic E-state index is 14.1. The number of nitrogens with zero attached hydrogens (tertiary/aromatic N) is 3. The molecule has 0 aliphatic carbocycles. The maximum Gasteiger partial charge on any atom is 0.337 e. The van der Waals surface area contributed by atoms with Crippen LogP contribution in [0.5, 0.6) is 0 Å². The quantitative estimate of drug-likeness (QED) is 0.406. The zero-order valence-electron chi connectivity index (χ0n) is 18.1. The number of anilines is 1. The minimum absolute atomic E-state index is 0.0189. The molecule has 0 bridgehead atoms. The van der Waals surface area contributed by atoms with Crippen molar-refractivity contribution in [1.82, 2.24) is 9.55 Å². The number of rotatable bonds is 6. The third kappa shape index (κ3) is 4.45. The van der Waals surface area contributed by atoms with Crippen molar-refractivity contribution in [2.24, 2.45) is 0 Å². The Labute approximate surface area is 188 Å². The minimum atomic E-state index is -0.810. The van der Waals surface area contributed by atoms with Crippen LogP contribution in [0.25, 0.3) is 16.6 Å². The minimum Gasteiger partial charge on any atom is -0.465 e. The second-order valence-electron chi connectivity index (χ2n) is 7.40. The number of aromatic nitrogens is 2. The Morgan fingerprint density at radius 1 is 1.03 bits per heavy atom. The summed E-state index contributed by atoms with van der Waals surface area (Å²) in [7, 11) is 1.26. The number of carbonyl (C=O) groups excluding carboxylic acids is 1. The van der Waals surface area contributed by atoms with E-state index in [1.807, 2.05) is 42.2 Å². The lowest BCUT2D eigenvalue weighted by Gasteiger charge is -2.26. The Kier molecular flexibility index (Phi) is 6.17. The normalized spacial score (nSPS) is 10.9. The lowest BCUT2D eigenvalue weighted by Crippen LogP contribution is -2.32. The number of methoxy groups -OCH3 is 1. The molecule has 0 aliphatic heterocycles. The Bertz CT molecular complexity index is 1370. The molecule has 0 saturated heterocycles. The van der Waals surface area contributed by atoms with Crippen molar-refractivity contribution in [3.8, 4) is 5.69 Å². The van der Waals surface area contributed by atoms with Gasteiger partial charge in [0.1, 0.15) is 11.6 Å². The van der Waals surface area contributed by atoms with E-state index < -0.39 is 23.2 Å². The molecule has 0 saturated carbocycles. The molecule has 168 valence electrons. The van der Waals surface area contributed by atoms with E-state index in [2.05, 4.69) is 4.98 Å². The van der Waals surface area contributed by atoms with Crippen LogP contribution >= 0.6 is 0 Å². The molecule has 1 heterocycles. The zero-order valence-corrected chi connectivity index (χ0v) is 18.1. The fourth-order valence-electron chi connectivity index (χ4n) is 3.66. The lowest BCUT2D eigenvalue weighted by molar-refractivity contribution is 0.0601. The van der Waals surface area contributed by atoms with Gasteiger partial charge in [-0.05, 0) is 42.8 Å². The van der Waals surface area contributed by atoms with Crippen LogP contribution in [0.1, 0.15) is 22.8 Å². The van der Waals surface area contributed by atoms with Gasteiger partial charge in [-0.1, -0.05) is 30.3 Å². The van der Waals surface area contributed by atoms with Crippen molar-refractivity contribution in [3.63, 3.8) is 0 Å². The number of ether oxygens (including phenoxy) is 1. The highest BCUT2D eigenvalue weighted by atomic mass is 19.1. The molecule has 0 amide bonds. The molecule has 33 heavy (non-hydrogen) atoms. The van der Waals surface area contributed by atoms with Crippen LogP contribution in [0.4, 0.5) is 14.7 Å². The first-order valence-corrected chi connectivity index (χ1v) is 10.3. The standard InChI is InChI=1S/C25H21F2N3O3/c1-3-29(15-16-7-5-4-6-8-16)25-28-22-11-17(24(32)33-2)9-10-21(22)23(31)30(25)20-13-18(26)12-19(27)14-20/h4-14H,3,15H2,1-2H3. The summed E-state index contributed by atoms with van der Waals surface area (Å²) in [5.74, 6) is -1.98. The SMILES string of the molecule is CCN(Cc1ccccc1)c1nc2cc(C(=O)OC)ccc2c(=O)n1-c1cc(F)cc(F)c1. The topological polar surface area (TPSA) is 64.4 Å². The first-order chi connectivity index (χ1) is 15.9. The summed E-state index contributed by atoms with van der Waals surface area (Å²) in [6.07, 6.45) is 0. The van der Waals surface area contributed by atoms with E-state index in [0.29, 0.717) is 13.1 Å². The van der Waals surface area contributed by atoms with Gasteiger partial charge in [0.05, 0.1) is 29.3 Å². The van der Waals surface area contributed by atoms with E-state index in [-0.39, 0.29) is 28.1 Å². The highest BCUT2D eigenvalue weighted by molar-refractivity contribution is 5.94. The van der Waals surface area contributed by atoms with E-state index in [9.17, 15) is 18.4 Å². The summed E-state index contributed by atoms with van der Waals surface area (Å²) in [5, 5.41) is 0.201. The van der Waals surface area contributed by atoms with E-state index >= 15 is 0 Å². The summed E-state index contributed by atoms with van der Waals surface area (Å²) >= 11 is 0. The van der Waals surface area contributed by atoms with Gasteiger partial charge in [0.15, 0.2) is 0 Å². The summed E-state index contributed by atoms with van der Waals surface area (Å²) in [5.41, 5.74) is 0.989. The lowest BCUT2D eigenvalue weighted by atomic mass is 10.1. The van der Waals surface area contributed by atoms with Crippen molar-refractivity contribution in [3.05, 3.63) is 99.8 Å². The third-order valence-electron chi connectivity index (χ3n) is 5.26. The van der Waals surface area contributed by atoms with Crippen molar-refractivity contribution in [2.75, 3.05) is 18.6 Å². The second-order valence-corrected chi connectivity index (χ2v) is 7.40. The summed E-state index contributed by atoms with van der Waals surface area (Å²) in [6.45, 7) is 2.76. The largest absolute Gasteiger partial charge is 0.465 e. The van der Waals surface area contributed by atoms with Gasteiger partial charge < -0.3 is 9.64 Å². The number of halogens is 2. The summed E-state index contributed by atoms with van der Waals surface area (Å²) < 4.78 is 34.1. The van der Waals surface area contributed by atoms with Crippen molar-refractivity contribution in [1.29, 1.82) is 0 Å². The predicted molar refractivity (Wildman–Crippen MR) is 122 cm³/mol. The molecule has 1 aromatic heterocycles. The number of hydrogen-bond donors (Lipinski definition) is 0. The number of fused-ring (bicyclic) bond motifs is 1. The molecule has 8 heteroatoms. The molecular weight excluding hydrogens is 428 g/mol.